The summed E-state index contributed by atoms with van der Waals surface area (Å²) in [5.74, 6) is 0.0573. The number of sulfonamides is 1. The second kappa shape index (κ2) is 6.35. The maximum atomic E-state index is 13.6. The third-order valence-corrected chi connectivity index (χ3v) is 7.17. The van der Waals surface area contributed by atoms with E-state index in [1.165, 1.54) is 23.5 Å². The standard InChI is InChI=1S/C20H21FN2O3S/c1-12-8-19(26-3)20(9-13(12)2)27(24,25)23-7-6-15-16-10-14(21)4-5-17(16)22-18(15)11-23/h4-5,8-10,22H,6-7,11H2,1-3H3. The quantitative estimate of drug-likeness (QED) is 0.745. The van der Waals surface area contributed by atoms with E-state index >= 15 is 0 Å². The largest absolute Gasteiger partial charge is 0.495 e. The minimum atomic E-state index is -3.72. The van der Waals surface area contributed by atoms with Crippen LogP contribution in [0.5, 0.6) is 5.75 Å². The van der Waals surface area contributed by atoms with Crippen LogP contribution in [-0.4, -0.2) is 31.4 Å². The first kappa shape index (κ1) is 18.0. The Morgan fingerprint density at radius 1 is 1.15 bits per heavy atom. The molecule has 0 saturated heterocycles. The minimum Gasteiger partial charge on any atom is -0.495 e. The molecule has 7 heteroatoms. The van der Waals surface area contributed by atoms with Crippen LogP contribution in [-0.2, 0) is 23.0 Å². The predicted octanol–water partition coefficient (Wildman–Crippen LogP) is 3.68. The lowest BCUT2D eigenvalue weighted by Crippen LogP contribution is -2.36. The second-order valence-corrected chi connectivity index (χ2v) is 8.85. The molecule has 2 heterocycles. The van der Waals surface area contributed by atoms with Crippen molar-refractivity contribution in [1.29, 1.82) is 0 Å². The summed E-state index contributed by atoms with van der Waals surface area (Å²) in [5, 5.41) is 0.825. The summed E-state index contributed by atoms with van der Waals surface area (Å²) in [6.07, 6.45) is 0.533. The third-order valence-electron chi connectivity index (χ3n) is 5.30. The molecule has 142 valence electrons. The summed E-state index contributed by atoms with van der Waals surface area (Å²) in [6, 6.07) is 8.01. The van der Waals surface area contributed by atoms with Crippen LogP contribution in [0.2, 0.25) is 0 Å². The van der Waals surface area contributed by atoms with E-state index < -0.39 is 10.0 Å². The maximum absolute atomic E-state index is 13.6. The molecule has 0 unspecified atom stereocenters. The number of H-pyrrole nitrogens is 1. The van der Waals surface area contributed by atoms with Crippen molar-refractivity contribution in [2.75, 3.05) is 13.7 Å². The number of nitrogens with one attached hydrogen (secondary N) is 1. The van der Waals surface area contributed by atoms with Crippen molar-refractivity contribution in [2.24, 2.45) is 0 Å². The third kappa shape index (κ3) is 2.91. The van der Waals surface area contributed by atoms with E-state index in [2.05, 4.69) is 4.98 Å². The fourth-order valence-corrected chi connectivity index (χ4v) is 5.29. The number of fused-ring (bicyclic) bond motifs is 3. The fraction of sp³-hybridized carbons (Fsp3) is 0.300. The SMILES string of the molecule is COc1cc(C)c(C)cc1S(=O)(=O)N1CCc2c([nH]c3ccc(F)cc23)C1. The molecule has 1 aromatic heterocycles. The van der Waals surface area contributed by atoms with Crippen LogP contribution in [0.15, 0.2) is 35.2 Å². The van der Waals surface area contributed by atoms with Gasteiger partial charge in [-0.05, 0) is 67.3 Å². The molecule has 0 fully saturated rings. The number of hydrogen-bond acceptors (Lipinski definition) is 3. The van der Waals surface area contributed by atoms with Crippen molar-refractivity contribution in [3.05, 3.63) is 58.5 Å². The van der Waals surface area contributed by atoms with Crippen molar-refractivity contribution in [3.8, 4) is 5.75 Å². The van der Waals surface area contributed by atoms with Gasteiger partial charge in [0.2, 0.25) is 10.0 Å². The number of aromatic nitrogens is 1. The van der Waals surface area contributed by atoms with Gasteiger partial charge in [0.1, 0.15) is 16.5 Å². The van der Waals surface area contributed by atoms with Crippen molar-refractivity contribution >= 4 is 20.9 Å². The fourth-order valence-electron chi connectivity index (χ4n) is 3.66. The first-order valence-electron chi connectivity index (χ1n) is 8.75. The zero-order chi connectivity index (χ0) is 19.3. The van der Waals surface area contributed by atoms with E-state index in [1.54, 1.807) is 18.2 Å². The maximum Gasteiger partial charge on any atom is 0.247 e. The molecule has 1 N–H and O–H groups in total. The summed E-state index contributed by atoms with van der Waals surface area (Å²) < 4.78 is 46.9. The summed E-state index contributed by atoms with van der Waals surface area (Å²) >= 11 is 0. The van der Waals surface area contributed by atoms with E-state index in [1.807, 2.05) is 13.8 Å². The number of methoxy groups -OCH3 is 1. The Morgan fingerprint density at radius 2 is 1.89 bits per heavy atom. The van der Waals surface area contributed by atoms with E-state index in [9.17, 15) is 12.8 Å². The first-order valence-corrected chi connectivity index (χ1v) is 10.2. The highest BCUT2D eigenvalue weighted by Gasteiger charge is 2.32. The van der Waals surface area contributed by atoms with Gasteiger partial charge in [-0.3, -0.25) is 0 Å². The van der Waals surface area contributed by atoms with E-state index in [0.717, 1.165) is 33.3 Å². The van der Waals surface area contributed by atoms with Gasteiger partial charge in [0.15, 0.2) is 0 Å². The summed E-state index contributed by atoms with van der Waals surface area (Å²) in [7, 11) is -2.24. The van der Waals surface area contributed by atoms with E-state index in [4.69, 9.17) is 4.74 Å². The second-order valence-electron chi connectivity index (χ2n) is 6.95. The molecule has 27 heavy (non-hydrogen) atoms. The van der Waals surface area contributed by atoms with Gasteiger partial charge >= 0.3 is 0 Å². The number of hydrogen-bond donors (Lipinski definition) is 1. The normalized spacial score (nSPS) is 15.1. The Bertz CT molecular complexity index is 1150. The van der Waals surface area contributed by atoms with Gasteiger partial charge in [-0.2, -0.15) is 4.31 Å². The zero-order valence-electron chi connectivity index (χ0n) is 15.5. The van der Waals surface area contributed by atoms with Crippen LogP contribution in [0.25, 0.3) is 10.9 Å². The minimum absolute atomic E-state index is 0.179. The van der Waals surface area contributed by atoms with Crippen LogP contribution in [0, 0.1) is 19.7 Å². The Morgan fingerprint density at radius 3 is 2.63 bits per heavy atom. The summed E-state index contributed by atoms with van der Waals surface area (Å²) in [6.45, 7) is 4.37. The van der Waals surface area contributed by atoms with Crippen molar-refractivity contribution in [2.45, 2.75) is 31.7 Å². The molecule has 0 radical (unpaired) electrons. The van der Waals surface area contributed by atoms with Gasteiger partial charge in [-0.15, -0.1) is 0 Å². The van der Waals surface area contributed by atoms with Gasteiger partial charge in [-0.25, -0.2) is 12.8 Å². The number of aromatic amines is 1. The number of aryl methyl sites for hydroxylation is 2. The van der Waals surface area contributed by atoms with E-state index in [-0.39, 0.29) is 17.3 Å². The van der Waals surface area contributed by atoms with Crippen molar-refractivity contribution in [3.63, 3.8) is 0 Å². The molecule has 0 bridgehead atoms. The number of halogens is 1. The zero-order valence-corrected chi connectivity index (χ0v) is 16.3. The Balaban J connectivity index is 1.75. The van der Waals surface area contributed by atoms with E-state index in [0.29, 0.717) is 18.7 Å². The van der Waals surface area contributed by atoms with Crippen LogP contribution >= 0.6 is 0 Å². The number of ether oxygens (including phenoxy) is 1. The lowest BCUT2D eigenvalue weighted by atomic mass is 10.0. The molecule has 0 aliphatic carbocycles. The van der Waals surface area contributed by atoms with Gasteiger partial charge in [0.25, 0.3) is 0 Å². The van der Waals surface area contributed by atoms with Gasteiger partial charge in [0.05, 0.1) is 13.7 Å². The topological polar surface area (TPSA) is 62.4 Å². The Hall–Kier alpha value is -2.38. The highest BCUT2D eigenvalue weighted by atomic mass is 32.2. The van der Waals surface area contributed by atoms with Crippen LogP contribution in [0.4, 0.5) is 4.39 Å². The summed E-state index contributed by atoms with van der Waals surface area (Å²) in [5.41, 5.74) is 4.50. The molecular weight excluding hydrogens is 367 g/mol. The van der Waals surface area contributed by atoms with Crippen LogP contribution < -0.4 is 4.74 Å². The van der Waals surface area contributed by atoms with Gasteiger partial charge in [-0.1, -0.05) is 0 Å². The molecule has 1 aliphatic rings. The highest BCUT2D eigenvalue weighted by molar-refractivity contribution is 7.89. The van der Waals surface area contributed by atoms with Crippen molar-refractivity contribution < 1.29 is 17.5 Å². The van der Waals surface area contributed by atoms with Gasteiger partial charge < -0.3 is 9.72 Å². The molecule has 5 nitrogen and oxygen atoms in total. The molecule has 1 aliphatic heterocycles. The first-order chi connectivity index (χ1) is 12.8. The number of nitrogens with zero attached hydrogens (tertiary/aromatic N) is 1. The monoisotopic (exact) mass is 388 g/mol. The number of rotatable bonds is 3. The lowest BCUT2D eigenvalue weighted by Gasteiger charge is -2.27. The van der Waals surface area contributed by atoms with Crippen LogP contribution in [0.3, 0.4) is 0 Å². The van der Waals surface area contributed by atoms with Gasteiger partial charge in [0, 0.05) is 23.1 Å². The molecule has 0 spiro atoms. The average Bonchev–Trinajstić information content (AvgIpc) is 3.00. The van der Waals surface area contributed by atoms with Crippen LogP contribution in [0.1, 0.15) is 22.4 Å². The molecule has 2 aromatic carbocycles. The molecule has 4 rings (SSSR count). The number of benzene rings is 2. The molecule has 0 amide bonds. The average molecular weight is 388 g/mol. The lowest BCUT2D eigenvalue weighted by molar-refractivity contribution is 0.375. The Kier molecular flexibility index (Phi) is 4.24. The molecular formula is C20H21FN2O3S. The molecule has 0 saturated carbocycles. The Labute approximate surface area is 157 Å². The summed E-state index contributed by atoms with van der Waals surface area (Å²) in [4.78, 5) is 3.42. The predicted molar refractivity (Wildman–Crippen MR) is 102 cm³/mol. The molecule has 3 aromatic rings. The highest BCUT2D eigenvalue weighted by Crippen LogP contribution is 2.34. The smallest absolute Gasteiger partial charge is 0.247 e. The molecule has 0 atom stereocenters. The van der Waals surface area contributed by atoms with Crippen molar-refractivity contribution in [1.82, 2.24) is 9.29 Å².